The third-order valence-corrected chi connectivity index (χ3v) is 6.28. The number of benzene rings is 3. The first-order valence-corrected chi connectivity index (χ1v) is 12.4. The number of aromatic nitrogens is 2. The van der Waals surface area contributed by atoms with Crippen molar-refractivity contribution in [3.63, 3.8) is 0 Å². The molecule has 4 aromatic rings. The van der Waals surface area contributed by atoms with E-state index in [-0.39, 0.29) is 5.56 Å². The Hall–Kier alpha value is -3.60. The number of aryl methyl sites for hydroxylation is 1. The summed E-state index contributed by atoms with van der Waals surface area (Å²) in [5, 5.41) is 0.647. The van der Waals surface area contributed by atoms with Gasteiger partial charge < -0.3 is 9.47 Å². The van der Waals surface area contributed by atoms with Crippen molar-refractivity contribution in [3.05, 3.63) is 88.2 Å². The molecule has 0 spiro atoms. The van der Waals surface area contributed by atoms with Crippen LogP contribution in [0.4, 0.5) is 0 Å². The molecular formula is C30H34N2O3. The summed E-state index contributed by atoms with van der Waals surface area (Å²) in [6.45, 7) is 7.74. The molecule has 182 valence electrons. The molecule has 0 radical (unpaired) electrons. The lowest BCUT2D eigenvalue weighted by atomic mass is 10.0. The zero-order chi connectivity index (χ0) is 24.8. The molecule has 1 aromatic heterocycles. The average molecular weight is 471 g/mol. The molecule has 5 heteroatoms. The number of unbranched alkanes of at least 4 members (excludes halogenated alkanes) is 2. The van der Waals surface area contributed by atoms with E-state index >= 15 is 0 Å². The molecule has 0 N–H and O–H groups in total. The van der Waals surface area contributed by atoms with E-state index < -0.39 is 0 Å². The lowest BCUT2D eigenvalue weighted by molar-refractivity contribution is 0.299. The number of fused-ring (bicyclic) bond motifs is 1. The summed E-state index contributed by atoms with van der Waals surface area (Å²) in [4.78, 5) is 18.2. The van der Waals surface area contributed by atoms with Crippen molar-refractivity contribution in [1.29, 1.82) is 0 Å². The lowest BCUT2D eigenvalue weighted by Crippen LogP contribution is -2.23. The van der Waals surface area contributed by atoms with Crippen LogP contribution in [0.1, 0.15) is 50.2 Å². The largest absolute Gasteiger partial charge is 0.497 e. The first kappa shape index (κ1) is 24.5. The van der Waals surface area contributed by atoms with Crippen LogP contribution in [0.3, 0.4) is 0 Å². The van der Waals surface area contributed by atoms with Crippen LogP contribution in [0.5, 0.6) is 11.5 Å². The molecule has 0 bridgehead atoms. The Balaban J connectivity index is 1.46. The van der Waals surface area contributed by atoms with Gasteiger partial charge >= 0.3 is 0 Å². The normalized spacial score (nSPS) is 11.2. The van der Waals surface area contributed by atoms with Gasteiger partial charge in [0.25, 0.3) is 5.56 Å². The SMILES string of the molecule is COc1ccc(-c2nc3ccccc3c(=O)n2CCCCCOc2cc(C)ccc2C(C)C)cc1. The van der Waals surface area contributed by atoms with Crippen LogP contribution in [-0.2, 0) is 6.54 Å². The Labute approximate surface area is 207 Å². The maximum atomic E-state index is 13.4. The Morgan fingerprint density at radius 2 is 1.71 bits per heavy atom. The van der Waals surface area contributed by atoms with Crippen molar-refractivity contribution in [3.8, 4) is 22.9 Å². The highest BCUT2D eigenvalue weighted by atomic mass is 16.5. The third-order valence-electron chi connectivity index (χ3n) is 6.28. The van der Waals surface area contributed by atoms with Crippen molar-refractivity contribution in [2.75, 3.05) is 13.7 Å². The van der Waals surface area contributed by atoms with E-state index in [1.165, 1.54) is 11.1 Å². The highest BCUT2D eigenvalue weighted by Gasteiger charge is 2.13. The minimum Gasteiger partial charge on any atom is -0.497 e. The molecule has 0 aliphatic carbocycles. The summed E-state index contributed by atoms with van der Waals surface area (Å²) in [5.74, 6) is 2.87. The lowest BCUT2D eigenvalue weighted by Gasteiger charge is -2.16. The zero-order valence-electron chi connectivity index (χ0n) is 21.1. The quantitative estimate of drug-likeness (QED) is 0.241. The van der Waals surface area contributed by atoms with Gasteiger partial charge in [-0.05, 0) is 85.7 Å². The summed E-state index contributed by atoms with van der Waals surface area (Å²) >= 11 is 0. The molecule has 0 saturated heterocycles. The monoisotopic (exact) mass is 470 g/mol. The second kappa shape index (κ2) is 11.2. The zero-order valence-corrected chi connectivity index (χ0v) is 21.1. The predicted molar refractivity (Wildman–Crippen MR) is 143 cm³/mol. The van der Waals surface area contributed by atoms with E-state index in [4.69, 9.17) is 14.5 Å². The number of methoxy groups -OCH3 is 1. The summed E-state index contributed by atoms with van der Waals surface area (Å²) in [6, 6.07) is 21.7. The van der Waals surface area contributed by atoms with Gasteiger partial charge in [0.1, 0.15) is 17.3 Å². The smallest absolute Gasteiger partial charge is 0.261 e. The van der Waals surface area contributed by atoms with Crippen molar-refractivity contribution in [1.82, 2.24) is 9.55 Å². The predicted octanol–water partition coefficient (Wildman–Crippen LogP) is 6.75. The number of rotatable bonds is 10. The van der Waals surface area contributed by atoms with Crippen molar-refractivity contribution >= 4 is 10.9 Å². The van der Waals surface area contributed by atoms with Gasteiger partial charge in [-0.25, -0.2) is 4.98 Å². The first-order chi connectivity index (χ1) is 17.0. The van der Waals surface area contributed by atoms with Crippen LogP contribution >= 0.6 is 0 Å². The second-order valence-corrected chi connectivity index (χ2v) is 9.24. The van der Waals surface area contributed by atoms with E-state index in [1.54, 1.807) is 7.11 Å². The molecule has 0 aliphatic heterocycles. The van der Waals surface area contributed by atoms with Crippen LogP contribution < -0.4 is 15.0 Å². The molecule has 35 heavy (non-hydrogen) atoms. The molecule has 0 unspecified atom stereocenters. The van der Waals surface area contributed by atoms with Crippen LogP contribution in [-0.4, -0.2) is 23.3 Å². The highest BCUT2D eigenvalue weighted by Crippen LogP contribution is 2.28. The maximum Gasteiger partial charge on any atom is 0.261 e. The number of hydrogen-bond acceptors (Lipinski definition) is 4. The van der Waals surface area contributed by atoms with Crippen LogP contribution in [0.15, 0.2) is 71.5 Å². The van der Waals surface area contributed by atoms with Crippen molar-refractivity contribution in [2.24, 2.45) is 0 Å². The molecule has 0 aliphatic rings. The third kappa shape index (κ3) is 5.73. The van der Waals surface area contributed by atoms with Crippen molar-refractivity contribution in [2.45, 2.75) is 52.5 Å². The first-order valence-electron chi connectivity index (χ1n) is 12.4. The molecular weight excluding hydrogens is 436 g/mol. The van der Waals surface area contributed by atoms with Gasteiger partial charge in [-0.2, -0.15) is 0 Å². The summed E-state index contributed by atoms with van der Waals surface area (Å²) < 4.78 is 13.2. The van der Waals surface area contributed by atoms with Crippen molar-refractivity contribution < 1.29 is 9.47 Å². The van der Waals surface area contributed by atoms with Gasteiger partial charge in [0, 0.05) is 12.1 Å². The molecule has 0 fully saturated rings. The summed E-state index contributed by atoms with van der Waals surface area (Å²) in [7, 11) is 1.64. The van der Waals surface area contributed by atoms with Gasteiger partial charge in [-0.3, -0.25) is 9.36 Å². The summed E-state index contributed by atoms with van der Waals surface area (Å²) in [5.41, 5.74) is 4.07. The van der Waals surface area contributed by atoms with Gasteiger partial charge in [-0.1, -0.05) is 38.1 Å². The Morgan fingerprint density at radius 3 is 2.46 bits per heavy atom. The van der Waals surface area contributed by atoms with E-state index in [9.17, 15) is 4.79 Å². The van der Waals surface area contributed by atoms with E-state index in [0.29, 0.717) is 35.8 Å². The molecule has 1 heterocycles. The maximum absolute atomic E-state index is 13.4. The molecule has 0 amide bonds. The number of nitrogens with zero attached hydrogens (tertiary/aromatic N) is 2. The van der Waals surface area contributed by atoms with E-state index in [2.05, 4.69) is 39.0 Å². The fourth-order valence-electron chi connectivity index (χ4n) is 4.31. The number of hydrogen-bond donors (Lipinski definition) is 0. The molecule has 0 saturated carbocycles. The molecule has 3 aromatic carbocycles. The standard InChI is InChI=1S/C30H34N2O3/c1-21(2)25-17-12-22(3)20-28(25)35-19-9-5-8-18-32-29(23-13-15-24(34-4)16-14-23)31-27-11-7-6-10-26(27)30(32)33/h6-7,10-17,20-21H,5,8-9,18-19H2,1-4H3. The number of ether oxygens (including phenoxy) is 2. The van der Waals surface area contributed by atoms with Crippen LogP contribution in [0, 0.1) is 6.92 Å². The average Bonchev–Trinajstić information content (AvgIpc) is 2.87. The van der Waals surface area contributed by atoms with Crippen LogP contribution in [0.25, 0.3) is 22.3 Å². The Morgan fingerprint density at radius 1 is 0.943 bits per heavy atom. The fourth-order valence-corrected chi connectivity index (χ4v) is 4.31. The van der Waals surface area contributed by atoms with Gasteiger partial charge in [0.05, 0.1) is 24.6 Å². The minimum absolute atomic E-state index is 0.000922. The number of para-hydroxylation sites is 1. The molecule has 0 atom stereocenters. The fraction of sp³-hybridized carbons (Fsp3) is 0.333. The Kier molecular flexibility index (Phi) is 7.86. The summed E-state index contributed by atoms with van der Waals surface area (Å²) in [6.07, 6.45) is 2.76. The van der Waals surface area contributed by atoms with E-state index in [0.717, 1.165) is 36.3 Å². The molecule has 5 nitrogen and oxygen atoms in total. The highest BCUT2D eigenvalue weighted by molar-refractivity contribution is 5.79. The topological polar surface area (TPSA) is 53.3 Å². The van der Waals surface area contributed by atoms with Gasteiger partial charge in [0.2, 0.25) is 0 Å². The minimum atomic E-state index is -0.000922. The molecule has 4 rings (SSSR count). The van der Waals surface area contributed by atoms with Gasteiger partial charge in [-0.15, -0.1) is 0 Å². The van der Waals surface area contributed by atoms with E-state index in [1.807, 2.05) is 53.1 Å². The second-order valence-electron chi connectivity index (χ2n) is 9.24. The van der Waals surface area contributed by atoms with Gasteiger partial charge in [0.15, 0.2) is 0 Å². The van der Waals surface area contributed by atoms with Crippen LogP contribution in [0.2, 0.25) is 0 Å². The Bertz CT molecular complexity index is 1340.